The molecule has 0 aliphatic rings. The number of aryl methyl sites for hydroxylation is 1. The molecule has 31 heavy (non-hydrogen) atoms. The minimum Gasteiger partial charge on any atom is -0.454 e. The number of aromatic nitrogens is 3. The van der Waals surface area contributed by atoms with Gasteiger partial charge in [0.1, 0.15) is 6.07 Å². The molecule has 3 heterocycles. The zero-order valence-electron chi connectivity index (χ0n) is 17.1. The number of hydrogen-bond acceptors (Lipinski definition) is 8. The number of nitrogens with zero attached hydrogens (tertiary/aromatic N) is 4. The topological polar surface area (TPSA) is 124 Å². The summed E-state index contributed by atoms with van der Waals surface area (Å²) in [5, 5.41) is 14.5. The van der Waals surface area contributed by atoms with E-state index < -0.39 is 11.8 Å². The molecule has 4 aromatic rings. The Hall–Kier alpha value is -4.19. The number of carbonyl (C=O) groups excluding carboxylic acids is 1. The first-order valence-corrected chi connectivity index (χ1v) is 9.52. The molecule has 9 nitrogen and oxygen atoms in total. The normalized spacial score (nSPS) is 11.1. The fourth-order valence-electron chi connectivity index (χ4n) is 3.21. The van der Waals surface area contributed by atoms with E-state index in [9.17, 15) is 14.9 Å². The van der Waals surface area contributed by atoms with Crippen LogP contribution in [0.2, 0.25) is 0 Å². The van der Waals surface area contributed by atoms with Gasteiger partial charge in [0.05, 0.1) is 16.8 Å². The quantitative estimate of drug-likeness (QED) is 0.449. The summed E-state index contributed by atoms with van der Waals surface area (Å²) in [6.07, 6.45) is 1.50. The summed E-state index contributed by atoms with van der Waals surface area (Å²) in [5.74, 6) is -1.03. The van der Waals surface area contributed by atoms with Gasteiger partial charge in [-0.1, -0.05) is 6.07 Å². The molecule has 156 valence electrons. The Morgan fingerprint density at radius 1 is 1.26 bits per heavy atom. The minimum absolute atomic E-state index is 0.106. The molecule has 9 heteroatoms. The van der Waals surface area contributed by atoms with Gasteiger partial charge in [-0.15, -0.1) is 0 Å². The highest BCUT2D eigenvalue weighted by atomic mass is 16.6. The van der Waals surface area contributed by atoms with Gasteiger partial charge in [-0.05, 0) is 45.0 Å². The van der Waals surface area contributed by atoms with Crippen LogP contribution in [0.3, 0.4) is 0 Å². The summed E-state index contributed by atoms with van der Waals surface area (Å²) in [7, 11) is 0. The van der Waals surface area contributed by atoms with Crippen molar-refractivity contribution in [2.75, 3.05) is 0 Å². The van der Waals surface area contributed by atoms with Crippen molar-refractivity contribution in [1.29, 1.82) is 5.26 Å². The maximum Gasteiger partial charge on any atom is 0.519 e. The number of benzene rings is 1. The van der Waals surface area contributed by atoms with E-state index in [-0.39, 0.29) is 29.7 Å². The number of nitriles is 1. The van der Waals surface area contributed by atoms with Gasteiger partial charge in [0.15, 0.2) is 23.8 Å². The van der Waals surface area contributed by atoms with Crippen LogP contribution < -0.4 is 5.82 Å². The van der Waals surface area contributed by atoms with Gasteiger partial charge in [0.2, 0.25) is 0 Å². The molecule has 0 fully saturated rings. The van der Waals surface area contributed by atoms with Gasteiger partial charge in [0, 0.05) is 23.2 Å². The van der Waals surface area contributed by atoms with E-state index in [1.54, 1.807) is 17.7 Å². The summed E-state index contributed by atoms with van der Waals surface area (Å²) < 4.78 is 16.6. The second kappa shape index (κ2) is 7.91. The Morgan fingerprint density at radius 2 is 2.06 bits per heavy atom. The lowest BCUT2D eigenvalue weighted by Gasteiger charge is -2.08. The minimum atomic E-state index is -0.845. The first-order valence-electron chi connectivity index (χ1n) is 9.52. The molecule has 4 rings (SSSR count). The van der Waals surface area contributed by atoms with E-state index in [4.69, 9.17) is 13.6 Å². The Kier molecular flexibility index (Phi) is 5.13. The predicted octanol–water partition coefficient (Wildman–Crippen LogP) is 3.76. The Balaban J connectivity index is 1.62. The number of pyridine rings is 1. The summed E-state index contributed by atoms with van der Waals surface area (Å²) >= 11 is 0. The fraction of sp³-hybridized carbons (Fsp3) is 0.227. The number of rotatable bonds is 5. The predicted molar refractivity (Wildman–Crippen MR) is 109 cm³/mol. The van der Waals surface area contributed by atoms with Crippen LogP contribution in [0.5, 0.6) is 0 Å². The summed E-state index contributed by atoms with van der Waals surface area (Å²) in [6.45, 7) is 5.31. The second-order valence-electron chi connectivity index (χ2n) is 7.17. The molecule has 0 N–H and O–H groups in total. The van der Waals surface area contributed by atoms with Crippen molar-refractivity contribution in [1.82, 2.24) is 14.8 Å². The van der Waals surface area contributed by atoms with Gasteiger partial charge in [-0.3, -0.25) is 9.67 Å². The third-order valence-corrected chi connectivity index (χ3v) is 4.76. The van der Waals surface area contributed by atoms with Gasteiger partial charge >= 0.3 is 11.8 Å². The Labute approximate surface area is 176 Å². The lowest BCUT2D eigenvalue weighted by Crippen LogP contribution is -2.06. The van der Waals surface area contributed by atoms with Gasteiger partial charge in [-0.25, -0.2) is 9.59 Å². The Bertz CT molecular complexity index is 1390. The third-order valence-electron chi connectivity index (χ3n) is 4.76. The smallest absolute Gasteiger partial charge is 0.454 e. The van der Waals surface area contributed by atoms with E-state index in [0.717, 1.165) is 11.1 Å². The second-order valence-corrected chi connectivity index (χ2v) is 7.17. The number of hydrogen-bond donors (Lipinski definition) is 0. The van der Waals surface area contributed by atoms with Crippen LogP contribution in [0.25, 0.3) is 22.2 Å². The average molecular weight is 418 g/mol. The number of ether oxygens (including phenoxy) is 1. The van der Waals surface area contributed by atoms with Crippen molar-refractivity contribution in [3.63, 3.8) is 0 Å². The SMILES string of the molecule is Cc1oc(=O)oc1COC(=O)c1ccnc(-c2ccc3c(c2)c(C#N)nn3C(C)C)c1. The number of carbonyl (C=O) groups is 1. The standard InChI is InChI=1S/C22H18N4O5/c1-12(2)26-19-5-4-14(8-16(19)18(10-23)25-26)17-9-15(6-7-24-17)21(27)29-11-20-13(3)30-22(28)31-20/h4-9,12H,11H2,1-3H3. The maximum absolute atomic E-state index is 12.5. The van der Waals surface area contributed by atoms with Gasteiger partial charge in [-0.2, -0.15) is 10.4 Å². The third kappa shape index (κ3) is 3.83. The first-order chi connectivity index (χ1) is 14.9. The number of esters is 1. The molecule has 0 aliphatic heterocycles. The lowest BCUT2D eigenvalue weighted by atomic mass is 10.1. The van der Waals surface area contributed by atoms with Crippen molar-refractivity contribution < 1.29 is 18.4 Å². The van der Waals surface area contributed by atoms with E-state index in [0.29, 0.717) is 16.8 Å². The highest BCUT2D eigenvalue weighted by Crippen LogP contribution is 2.27. The largest absolute Gasteiger partial charge is 0.519 e. The van der Waals surface area contributed by atoms with Crippen molar-refractivity contribution in [2.45, 2.75) is 33.4 Å². The van der Waals surface area contributed by atoms with Gasteiger partial charge < -0.3 is 13.6 Å². The molecule has 0 saturated carbocycles. The molecular weight excluding hydrogens is 400 g/mol. The van der Waals surface area contributed by atoms with Gasteiger partial charge in [0.25, 0.3) is 0 Å². The molecule has 0 radical (unpaired) electrons. The van der Waals surface area contributed by atoms with Crippen LogP contribution in [-0.4, -0.2) is 20.7 Å². The molecule has 3 aromatic heterocycles. The molecule has 0 amide bonds. The van der Waals surface area contributed by atoms with Crippen molar-refractivity contribution in [2.24, 2.45) is 0 Å². The number of fused-ring (bicyclic) bond motifs is 1. The van der Waals surface area contributed by atoms with Crippen LogP contribution in [0.4, 0.5) is 0 Å². The summed E-state index contributed by atoms with van der Waals surface area (Å²) in [6, 6.07) is 10.9. The molecule has 1 aromatic carbocycles. The van der Waals surface area contributed by atoms with Crippen molar-refractivity contribution in [3.05, 3.63) is 69.9 Å². The van der Waals surface area contributed by atoms with Crippen LogP contribution in [-0.2, 0) is 11.3 Å². The average Bonchev–Trinajstić information content (AvgIpc) is 3.30. The van der Waals surface area contributed by atoms with E-state index in [2.05, 4.69) is 16.2 Å². The van der Waals surface area contributed by atoms with E-state index in [1.165, 1.54) is 12.3 Å². The van der Waals surface area contributed by atoms with Crippen LogP contribution in [0, 0.1) is 18.3 Å². The van der Waals surface area contributed by atoms with E-state index in [1.807, 2.05) is 32.0 Å². The molecule has 0 aliphatic carbocycles. The molecule has 0 spiro atoms. The maximum atomic E-state index is 12.5. The molecule has 0 bridgehead atoms. The van der Waals surface area contributed by atoms with Crippen LogP contribution >= 0.6 is 0 Å². The molecule has 0 unspecified atom stereocenters. The zero-order valence-corrected chi connectivity index (χ0v) is 17.1. The summed E-state index contributed by atoms with van der Waals surface area (Å²) in [4.78, 5) is 27.9. The highest BCUT2D eigenvalue weighted by molar-refractivity contribution is 5.92. The van der Waals surface area contributed by atoms with E-state index >= 15 is 0 Å². The zero-order chi connectivity index (χ0) is 22.1. The first kappa shape index (κ1) is 20.1. The molecular formula is C22H18N4O5. The molecule has 0 saturated heterocycles. The van der Waals surface area contributed by atoms with Crippen LogP contribution in [0.15, 0.2) is 50.2 Å². The highest BCUT2D eigenvalue weighted by Gasteiger charge is 2.16. The fourth-order valence-corrected chi connectivity index (χ4v) is 3.21. The van der Waals surface area contributed by atoms with Crippen LogP contribution in [0.1, 0.15) is 47.5 Å². The summed E-state index contributed by atoms with van der Waals surface area (Å²) in [5.41, 5.74) is 2.75. The lowest BCUT2D eigenvalue weighted by molar-refractivity contribution is 0.0443. The molecule has 0 atom stereocenters. The van der Waals surface area contributed by atoms with Crippen molar-refractivity contribution in [3.8, 4) is 17.3 Å². The van der Waals surface area contributed by atoms with Crippen molar-refractivity contribution >= 4 is 16.9 Å². The Morgan fingerprint density at radius 3 is 2.74 bits per heavy atom. The monoisotopic (exact) mass is 418 g/mol.